The van der Waals surface area contributed by atoms with Crippen LogP contribution in [-0.4, -0.2) is 22.0 Å². The van der Waals surface area contributed by atoms with Crippen molar-refractivity contribution in [2.24, 2.45) is 0 Å². The van der Waals surface area contributed by atoms with Crippen LogP contribution in [0.1, 0.15) is 23.4 Å². The Morgan fingerprint density at radius 1 is 1.33 bits per heavy atom. The van der Waals surface area contributed by atoms with Crippen molar-refractivity contribution >= 4 is 28.8 Å². The number of thiazole rings is 1. The first-order valence-corrected chi connectivity index (χ1v) is 7.00. The van der Waals surface area contributed by atoms with Gasteiger partial charge < -0.3 is 4.90 Å². The number of hydrogen-bond acceptors (Lipinski definition) is 5. The van der Waals surface area contributed by atoms with Gasteiger partial charge in [-0.15, -0.1) is 11.3 Å². The molecule has 0 saturated carbocycles. The maximum Gasteiger partial charge on any atom is 0.134 e. The average Bonchev–Trinajstić information content (AvgIpc) is 2.73. The lowest BCUT2D eigenvalue weighted by Gasteiger charge is -2.17. The molecule has 0 radical (unpaired) electrons. The third kappa shape index (κ3) is 3.17. The number of anilines is 1. The molecule has 6 heteroatoms. The molecule has 2 aromatic heterocycles. The Kier molecular flexibility index (Phi) is 4.14. The molecule has 0 aliphatic heterocycles. The quantitative estimate of drug-likeness (QED) is 0.808. The van der Waals surface area contributed by atoms with Crippen LogP contribution >= 0.6 is 22.9 Å². The summed E-state index contributed by atoms with van der Waals surface area (Å²) in [7, 11) is 1.98. The van der Waals surface area contributed by atoms with E-state index in [9.17, 15) is 0 Å². The fraction of sp³-hybridized carbons (Fsp3) is 0.417. The number of aromatic nitrogens is 3. The van der Waals surface area contributed by atoms with Gasteiger partial charge in [-0.1, -0.05) is 18.5 Å². The van der Waals surface area contributed by atoms with Crippen LogP contribution in [0.15, 0.2) is 11.4 Å². The zero-order chi connectivity index (χ0) is 13.1. The van der Waals surface area contributed by atoms with Crippen molar-refractivity contribution in [2.45, 2.75) is 26.8 Å². The van der Waals surface area contributed by atoms with Crippen molar-refractivity contribution in [1.29, 1.82) is 0 Å². The highest BCUT2D eigenvalue weighted by molar-refractivity contribution is 7.09. The molecule has 2 aromatic rings. The van der Waals surface area contributed by atoms with Gasteiger partial charge in [0.15, 0.2) is 0 Å². The lowest BCUT2D eigenvalue weighted by Crippen LogP contribution is -2.18. The number of rotatable bonds is 4. The van der Waals surface area contributed by atoms with Crippen molar-refractivity contribution in [2.75, 3.05) is 11.9 Å². The highest BCUT2D eigenvalue weighted by Gasteiger charge is 2.09. The molecule has 0 amide bonds. The molecule has 0 aromatic carbocycles. The molecule has 4 nitrogen and oxygen atoms in total. The maximum atomic E-state index is 5.99. The van der Waals surface area contributed by atoms with E-state index in [-0.39, 0.29) is 0 Å². The first-order valence-electron chi connectivity index (χ1n) is 5.74. The second-order valence-corrected chi connectivity index (χ2v) is 5.48. The van der Waals surface area contributed by atoms with Gasteiger partial charge in [0.2, 0.25) is 0 Å². The van der Waals surface area contributed by atoms with E-state index in [1.165, 1.54) is 0 Å². The molecule has 0 spiro atoms. The molecule has 0 atom stereocenters. The van der Waals surface area contributed by atoms with E-state index in [0.717, 1.165) is 35.3 Å². The predicted octanol–water partition coefficient (Wildman–Crippen LogP) is 3.09. The van der Waals surface area contributed by atoms with Crippen molar-refractivity contribution < 1.29 is 0 Å². The summed E-state index contributed by atoms with van der Waals surface area (Å²) in [6.07, 6.45) is 0.775. The monoisotopic (exact) mass is 282 g/mol. The minimum absolute atomic E-state index is 0.484. The third-order valence-corrected chi connectivity index (χ3v) is 3.52. The Labute approximate surface area is 116 Å². The normalized spacial score (nSPS) is 10.7. The summed E-state index contributed by atoms with van der Waals surface area (Å²) in [5.74, 6) is 1.59. The van der Waals surface area contributed by atoms with Gasteiger partial charge in [-0.2, -0.15) is 0 Å². The van der Waals surface area contributed by atoms with Gasteiger partial charge in [0, 0.05) is 24.9 Å². The summed E-state index contributed by atoms with van der Waals surface area (Å²) in [4.78, 5) is 15.1. The smallest absolute Gasteiger partial charge is 0.134 e. The average molecular weight is 283 g/mol. The fourth-order valence-corrected chi connectivity index (χ4v) is 2.41. The van der Waals surface area contributed by atoms with Crippen LogP contribution in [0.4, 0.5) is 5.82 Å². The Balaban J connectivity index is 2.17. The maximum absolute atomic E-state index is 5.99. The second kappa shape index (κ2) is 5.63. The molecule has 0 N–H and O–H groups in total. The van der Waals surface area contributed by atoms with Gasteiger partial charge >= 0.3 is 0 Å². The van der Waals surface area contributed by atoms with Gasteiger partial charge in [-0.25, -0.2) is 15.0 Å². The summed E-state index contributed by atoms with van der Waals surface area (Å²) in [6, 6.07) is 1.78. The molecule has 0 saturated heterocycles. The largest absolute Gasteiger partial charge is 0.354 e. The number of nitrogens with zero attached hydrogens (tertiary/aromatic N) is 4. The van der Waals surface area contributed by atoms with Crippen LogP contribution < -0.4 is 4.90 Å². The first kappa shape index (κ1) is 13.2. The molecular weight excluding hydrogens is 268 g/mol. The molecule has 0 fully saturated rings. The molecule has 0 aliphatic carbocycles. The van der Waals surface area contributed by atoms with E-state index in [4.69, 9.17) is 11.6 Å². The molecule has 0 unspecified atom stereocenters. The van der Waals surface area contributed by atoms with Crippen LogP contribution in [0.5, 0.6) is 0 Å². The van der Waals surface area contributed by atoms with Crippen LogP contribution in [0.2, 0.25) is 5.15 Å². The van der Waals surface area contributed by atoms with Crippen molar-refractivity contribution in [3.8, 4) is 0 Å². The molecule has 0 bridgehead atoms. The number of hydrogen-bond donors (Lipinski definition) is 0. The second-order valence-electron chi connectivity index (χ2n) is 4.03. The molecule has 18 heavy (non-hydrogen) atoms. The van der Waals surface area contributed by atoms with Crippen LogP contribution in [0.3, 0.4) is 0 Å². The zero-order valence-corrected chi connectivity index (χ0v) is 12.2. The van der Waals surface area contributed by atoms with Crippen molar-refractivity contribution in [1.82, 2.24) is 15.0 Å². The minimum atomic E-state index is 0.484. The zero-order valence-electron chi connectivity index (χ0n) is 10.6. The standard InChI is InChI=1S/C12H15ClN4S/c1-4-11-15-10(13)5-12(16-11)17(3)6-9-7-18-8(2)14-9/h5,7H,4,6H2,1-3H3. The highest BCUT2D eigenvalue weighted by atomic mass is 35.5. The Morgan fingerprint density at radius 3 is 2.72 bits per heavy atom. The molecule has 0 aliphatic rings. The van der Waals surface area contributed by atoms with Crippen LogP contribution in [0, 0.1) is 6.92 Å². The van der Waals surface area contributed by atoms with Gasteiger partial charge in [-0.05, 0) is 6.92 Å². The highest BCUT2D eigenvalue weighted by Crippen LogP contribution is 2.18. The van der Waals surface area contributed by atoms with E-state index in [0.29, 0.717) is 5.15 Å². The van der Waals surface area contributed by atoms with Crippen LogP contribution in [-0.2, 0) is 13.0 Å². The topological polar surface area (TPSA) is 41.9 Å². The summed E-state index contributed by atoms with van der Waals surface area (Å²) in [5.41, 5.74) is 1.05. The van der Waals surface area contributed by atoms with Gasteiger partial charge in [0.25, 0.3) is 0 Å². The lowest BCUT2D eigenvalue weighted by atomic mass is 10.4. The number of aryl methyl sites for hydroxylation is 2. The van der Waals surface area contributed by atoms with E-state index in [1.807, 2.05) is 25.8 Å². The summed E-state index contributed by atoms with van der Waals surface area (Å²) >= 11 is 7.64. The molecule has 2 rings (SSSR count). The minimum Gasteiger partial charge on any atom is -0.354 e. The van der Waals surface area contributed by atoms with Gasteiger partial charge in [0.1, 0.15) is 16.8 Å². The van der Waals surface area contributed by atoms with E-state index in [1.54, 1.807) is 17.4 Å². The summed E-state index contributed by atoms with van der Waals surface area (Å²) in [5, 5.41) is 3.63. The molecule has 96 valence electrons. The van der Waals surface area contributed by atoms with E-state index >= 15 is 0 Å². The van der Waals surface area contributed by atoms with E-state index < -0.39 is 0 Å². The van der Waals surface area contributed by atoms with Crippen molar-refractivity contribution in [3.05, 3.63) is 33.1 Å². The van der Waals surface area contributed by atoms with E-state index in [2.05, 4.69) is 20.3 Å². The van der Waals surface area contributed by atoms with Crippen LogP contribution in [0.25, 0.3) is 0 Å². The Bertz CT molecular complexity index is 541. The lowest BCUT2D eigenvalue weighted by molar-refractivity contribution is 0.842. The fourth-order valence-electron chi connectivity index (χ4n) is 1.61. The van der Waals surface area contributed by atoms with Crippen molar-refractivity contribution in [3.63, 3.8) is 0 Å². The Hall–Kier alpha value is -1.20. The SMILES string of the molecule is CCc1nc(Cl)cc(N(C)Cc2csc(C)n2)n1. The summed E-state index contributed by atoms with van der Waals surface area (Å²) in [6.45, 7) is 4.74. The summed E-state index contributed by atoms with van der Waals surface area (Å²) < 4.78 is 0. The predicted molar refractivity (Wildman–Crippen MR) is 75.4 cm³/mol. The van der Waals surface area contributed by atoms with Gasteiger partial charge in [-0.3, -0.25) is 0 Å². The molecular formula is C12H15ClN4S. The number of halogens is 1. The Morgan fingerprint density at radius 2 is 2.11 bits per heavy atom. The van der Waals surface area contributed by atoms with Gasteiger partial charge in [0.05, 0.1) is 17.2 Å². The first-order chi connectivity index (χ1) is 8.58. The molecule has 2 heterocycles. The third-order valence-electron chi connectivity index (χ3n) is 2.50.